The van der Waals surface area contributed by atoms with Crippen molar-refractivity contribution in [1.29, 1.82) is 0 Å². The van der Waals surface area contributed by atoms with E-state index in [9.17, 15) is 9.59 Å². The summed E-state index contributed by atoms with van der Waals surface area (Å²) in [7, 11) is 1.66. The number of ether oxygens (including phenoxy) is 1. The first kappa shape index (κ1) is 14.8. The lowest BCUT2D eigenvalue weighted by atomic mass is 9.85. The monoisotopic (exact) mass is 256 g/mol. The Bertz CT molecular complexity index is 302. The van der Waals surface area contributed by atoms with Crippen LogP contribution in [-0.4, -0.2) is 30.7 Å². The van der Waals surface area contributed by atoms with Crippen molar-refractivity contribution in [3.63, 3.8) is 0 Å². The van der Waals surface area contributed by atoms with Gasteiger partial charge in [-0.05, 0) is 46.5 Å². The first-order chi connectivity index (χ1) is 8.31. The smallest absolute Gasteiger partial charge is 0.407 e. The molecular weight excluding hydrogens is 232 g/mol. The minimum atomic E-state index is -0.469. The predicted molar refractivity (Wildman–Crippen MR) is 69.2 cm³/mol. The van der Waals surface area contributed by atoms with Crippen LogP contribution < -0.4 is 10.6 Å². The molecule has 5 heteroatoms. The summed E-state index contributed by atoms with van der Waals surface area (Å²) in [4.78, 5) is 23.0. The Morgan fingerprint density at radius 3 is 2.11 bits per heavy atom. The van der Waals surface area contributed by atoms with Gasteiger partial charge in [0.1, 0.15) is 5.60 Å². The van der Waals surface area contributed by atoms with Crippen molar-refractivity contribution in [2.45, 2.75) is 58.1 Å². The molecule has 2 amide bonds. The van der Waals surface area contributed by atoms with Crippen LogP contribution in [0.3, 0.4) is 0 Å². The zero-order valence-corrected chi connectivity index (χ0v) is 11.7. The molecule has 0 heterocycles. The molecule has 2 N–H and O–H groups in total. The zero-order chi connectivity index (χ0) is 13.8. The molecule has 0 unspecified atom stereocenters. The van der Waals surface area contributed by atoms with E-state index in [0.29, 0.717) is 0 Å². The molecule has 1 aliphatic carbocycles. The minimum Gasteiger partial charge on any atom is -0.444 e. The average molecular weight is 256 g/mol. The lowest BCUT2D eigenvalue weighted by Crippen LogP contribution is -2.42. The minimum absolute atomic E-state index is 0.0895. The second-order valence-corrected chi connectivity index (χ2v) is 5.81. The van der Waals surface area contributed by atoms with Crippen LogP contribution in [0.25, 0.3) is 0 Å². The van der Waals surface area contributed by atoms with Crippen LogP contribution in [-0.2, 0) is 9.53 Å². The number of carbonyl (C=O) groups excluding carboxylic acids is 2. The Balaban J connectivity index is 2.31. The van der Waals surface area contributed by atoms with Crippen LogP contribution in [0.15, 0.2) is 0 Å². The van der Waals surface area contributed by atoms with Gasteiger partial charge >= 0.3 is 6.09 Å². The van der Waals surface area contributed by atoms with Gasteiger partial charge in [0, 0.05) is 19.0 Å². The van der Waals surface area contributed by atoms with E-state index in [1.807, 2.05) is 20.8 Å². The van der Waals surface area contributed by atoms with Gasteiger partial charge in [-0.25, -0.2) is 4.79 Å². The van der Waals surface area contributed by atoms with Crippen molar-refractivity contribution in [3.8, 4) is 0 Å². The van der Waals surface area contributed by atoms with Gasteiger partial charge in [0.15, 0.2) is 0 Å². The molecule has 104 valence electrons. The molecule has 0 spiro atoms. The number of rotatable bonds is 2. The maximum Gasteiger partial charge on any atom is 0.407 e. The van der Waals surface area contributed by atoms with E-state index in [0.717, 1.165) is 25.7 Å². The topological polar surface area (TPSA) is 67.4 Å². The molecule has 1 rings (SSSR count). The Morgan fingerprint density at radius 1 is 1.11 bits per heavy atom. The number of hydrogen-bond donors (Lipinski definition) is 2. The van der Waals surface area contributed by atoms with Crippen molar-refractivity contribution >= 4 is 12.0 Å². The third-order valence-electron chi connectivity index (χ3n) is 3.07. The quantitative estimate of drug-likeness (QED) is 0.792. The Morgan fingerprint density at radius 2 is 1.67 bits per heavy atom. The lowest BCUT2D eigenvalue weighted by molar-refractivity contribution is -0.125. The van der Waals surface area contributed by atoms with E-state index in [1.165, 1.54) is 0 Å². The van der Waals surface area contributed by atoms with Crippen LogP contribution in [0, 0.1) is 5.92 Å². The predicted octanol–water partition coefficient (Wildman–Crippen LogP) is 1.82. The summed E-state index contributed by atoms with van der Waals surface area (Å²) >= 11 is 0. The molecule has 5 nitrogen and oxygen atoms in total. The van der Waals surface area contributed by atoms with Gasteiger partial charge < -0.3 is 15.4 Å². The first-order valence-electron chi connectivity index (χ1n) is 6.53. The van der Waals surface area contributed by atoms with Crippen LogP contribution in [0.5, 0.6) is 0 Å². The molecule has 18 heavy (non-hydrogen) atoms. The largest absolute Gasteiger partial charge is 0.444 e. The van der Waals surface area contributed by atoms with Crippen LogP contribution in [0.4, 0.5) is 4.79 Å². The van der Waals surface area contributed by atoms with Crippen molar-refractivity contribution in [2.75, 3.05) is 7.05 Å². The van der Waals surface area contributed by atoms with E-state index in [4.69, 9.17) is 4.74 Å². The highest BCUT2D eigenvalue weighted by Crippen LogP contribution is 2.24. The molecule has 0 aromatic carbocycles. The molecule has 0 bridgehead atoms. The van der Waals surface area contributed by atoms with Gasteiger partial charge in [0.25, 0.3) is 0 Å². The maximum atomic E-state index is 11.6. The summed E-state index contributed by atoms with van der Waals surface area (Å²) in [6.07, 6.45) is 2.93. The molecule has 1 aliphatic rings. The lowest BCUT2D eigenvalue weighted by Gasteiger charge is -2.29. The number of nitrogens with one attached hydrogen (secondary N) is 2. The van der Waals surface area contributed by atoms with E-state index < -0.39 is 5.60 Å². The summed E-state index contributed by atoms with van der Waals surface area (Å²) in [5.41, 5.74) is -0.469. The van der Waals surface area contributed by atoms with Crippen molar-refractivity contribution in [1.82, 2.24) is 10.6 Å². The summed E-state index contributed by atoms with van der Waals surface area (Å²) in [6.45, 7) is 5.53. The standard InChI is InChI=1S/C13H24N2O3/c1-13(2,3)18-12(17)15-10-7-5-9(6-8-10)11(16)14-4/h9-10H,5-8H2,1-4H3,(H,14,16)(H,15,17). The summed E-state index contributed by atoms with van der Waals surface area (Å²) in [5, 5.41) is 5.53. The highest BCUT2D eigenvalue weighted by atomic mass is 16.6. The summed E-state index contributed by atoms with van der Waals surface area (Å²) < 4.78 is 5.21. The zero-order valence-electron chi connectivity index (χ0n) is 11.7. The molecule has 0 aromatic rings. The Kier molecular flexibility index (Phi) is 4.99. The molecular formula is C13H24N2O3. The van der Waals surface area contributed by atoms with Gasteiger partial charge in [0.05, 0.1) is 0 Å². The molecule has 0 saturated heterocycles. The highest BCUT2D eigenvalue weighted by molar-refractivity contribution is 5.78. The second-order valence-electron chi connectivity index (χ2n) is 5.81. The van der Waals surface area contributed by atoms with Gasteiger partial charge in [0.2, 0.25) is 5.91 Å². The Labute approximate surface area is 109 Å². The fourth-order valence-electron chi connectivity index (χ4n) is 2.18. The number of hydrogen-bond acceptors (Lipinski definition) is 3. The third-order valence-corrected chi connectivity index (χ3v) is 3.07. The van der Waals surface area contributed by atoms with E-state index >= 15 is 0 Å². The van der Waals surface area contributed by atoms with Gasteiger partial charge in [-0.15, -0.1) is 0 Å². The van der Waals surface area contributed by atoms with Gasteiger partial charge in [-0.2, -0.15) is 0 Å². The van der Waals surface area contributed by atoms with Crippen LogP contribution >= 0.6 is 0 Å². The molecule has 0 atom stereocenters. The summed E-state index contributed by atoms with van der Waals surface area (Å²) in [5.74, 6) is 0.192. The average Bonchev–Trinajstić information content (AvgIpc) is 2.26. The van der Waals surface area contributed by atoms with Crippen LogP contribution in [0.2, 0.25) is 0 Å². The third kappa shape index (κ3) is 4.94. The summed E-state index contributed by atoms with van der Waals surface area (Å²) in [6, 6.07) is 0.126. The van der Waals surface area contributed by atoms with Crippen LogP contribution in [0.1, 0.15) is 46.5 Å². The number of carbonyl (C=O) groups is 2. The first-order valence-corrected chi connectivity index (χ1v) is 6.53. The van der Waals surface area contributed by atoms with E-state index in [2.05, 4.69) is 10.6 Å². The SMILES string of the molecule is CNC(=O)C1CCC(NC(=O)OC(C)(C)C)CC1. The van der Waals surface area contributed by atoms with Gasteiger partial charge in [-0.1, -0.05) is 0 Å². The fraction of sp³-hybridized carbons (Fsp3) is 0.846. The number of amides is 2. The van der Waals surface area contributed by atoms with E-state index in [1.54, 1.807) is 7.05 Å². The molecule has 0 radical (unpaired) electrons. The van der Waals surface area contributed by atoms with Gasteiger partial charge in [-0.3, -0.25) is 4.79 Å². The maximum absolute atomic E-state index is 11.6. The van der Waals surface area contributed by atoms with Crippen molar-refractivity contribution < 1.29 is 14.3 Å². The fourth-order valence-corrected chi connectivity index (χ4v) is 2.18. The highest BCUT2D eigenvalue weighted by Gasteiger charge is 2.27. The molecule has 0 aliphatic heterocycles. The van der Waals surface area contributed by atoms with Crippen molar-refractivity contribution in [2.24, 2.45) is 5.92 Å². The van der Waals surface area contributed by atoms with Crippen molar-refractivity contribution in [3.05, 3.63) is 0 Å². The Hall–Kier alpha value is -1.26. The normalized spacial score (nSPS) is 24.2. The second kappa shape index (κ2) is 6.07. The van der Waals surface area contributed by atoms with E-state index in [-0.39, 0.29) is 24.0 Å². The molecule has 1 saturated carbocycles. The molecule has 1 fully saturated rings. The number of alkyl carbamates (subject to hydrolysis) is 1. The molecule has 0 aromatic heterocycles.